The van der Waals surface area contributed by atoms with Gasteiger partial charge in [0.2, 0.25) is 0 Å². The molecule has 7 nitrogen and oxygen atoms in total. The van der Waals surface area contributed by atoms with E-state index in [2.05, 4.69) is 29.5 Å². The number of nitrogens with zero attached hydrogens (tertiary/aromatic N) is 2. The van der Waals surface area contributed by atoms with Crippen LogP contribution in [0, 0.1) is 5.92 Å². The quantitative estimate of drug-likeness (QED) is 0.776. The highest BCUT2D eigenvalue weighted by atomic mass is 16.5. The van der Waals surface area contributed by atoms with Crippen LogP contribution >= 0.6 is 0 Å². The predicted molar refractivity (Wildman–Crippen MR) is 98.3 cm³/mol. The van der Waals surface area contributed by atoms with Crippen LogP contribution in [-0.4, -0.2) is 47.2 Å². The van der Waals surface area contributed by atoms with E-state index in [4.69, 9.17) is 4.74 Å². The van der Waals surface area contributed by atoms with E-state index in [-0.39, 0.29) is 17.9 Å². The molecule has 7 heteroatoms. The fourth-order valence-corrected chi connectivity index (χ4v) is 3.55. The highest BCUT2D eigenvalue weighted by molar-refractivity contribution is 5.97. The average molecular weight is 362 g/mol. The summed E-state index contributed by atoms with van der Waals surface area (Å²) in [6.45, 7) is 6.88. The number of nitrogens with one attached hydrogen (secondary N) is 2. The van der Waals surface area contributed by atoms with Crippen LogP contribution in [0.5, 0.6) is 0 Å². The van der Waals surface area contributed by atoms with Gasteiger partial charge in [-0.05, 0) is 44.4 Å². The average Bonchev–Trinajstić information content (AvgIpc) is 3.27. The summed E-state index contributed by atoms with van der Waals surface area (Å²) in [4.78, 5) is 29.6. The van der Waals surface area contributed by atoms with Crippen LogP contribution in [0.2, 0.25) is 0 Å². The van der Waals surface area contributed by atoms with E-state index in [0.29, 0.717) is 30.5 Å². The van der Waals surface area contributed by atoms with E-state index in [0.717, 1.165) is 57.4 Å². The number of carbonyl (C=O) groups is 2. The predicted octanol–water partition coefficient (Wildman–Crippen LogP) is 1.90. The molecular weight excluding hydrogens is 332 g/mol. The summed E-state index contributed by atoms with van der Waals surface area (Å²) in [6.07, 6.45) is 5.85. The Morgan fingerprint density at radius 3 is 2.81 bits per heavy atom. The van der Waals surface area contributed by atoms with Crippen molar-refractivity contribution < 1.29 is 14.3 Å². The molecule has 26 heavy (non-hydrogen) atoms. The maximum absolute atomic E-state index is 12.6. The van der Waals surface area contributed by atoms with Gasteiger partial charge in [-0.3, -0.25) is 9.59 Å². The first kappa shape index (κ1) is 18.9. The second kappa shape index (κ2) is 8.66. The molecule has 1 saturated heterocycles. The van der Waals surface area contributed by atoms with Gasteiger partial charge in [0.1, 0.15) is 5.69 Å². The Balaban J connectivity index is 1.70. The van der Waals surface area contributed by atoms with Gasteiger partial charge in [0, 0.05) is 26.2 Å². The first-order valence-corrected chi connectivity index (χ1v) is 9.83. The monoisotopic (exact) mass is 362 g/mol. The fourth-order valence-electron chi connectivity index (χ4n) is 3.55. The minimum Gasteiger partial charge on any atom is -0.376 e. The maximum Gasteiger partial charge on any atom is 0.287 e. The standard InChI is InChI=1S/C19H30N4O3/c1-13(2)8-9-20-19(25)17-22-16(15-7-3-4-10-23(15)17)18(24)21-12-14-6-5-11-26-14/h13-14H,3-12H2,1-2H3,(H,20,25)(H,21,24). The number of aromatic nitrogens is 2. The van der Waals surface area contributed by atoms with Crippen molar-refractivity contribution in [1.29, 1.82) is 0 Å². The Morgan fingerprint density at radius 2 is 2.08 bits per heavy atom. The second-order valence-electron chi connectivity index (χ2n) is 7.62. The molecule has 0 aromatic carbocycles. The van der Waals surface area contributed by atoms with Gasteiger partial charge in [-0.1, -0.05) is 13.8 Å². The molecular formula is C19H30N4O3. The van der Waals surface area contributed by atoms with Gasteiger partial charge in [-0.25, -0.2) is 4.98 Å². The molecule has 2 amide bonds. The Hall–Kier alpha value is -1.89. The first-order chi connectivity index (χ1) is 12.6. The SMILES string of the molecule is CC(C)CCNC(=O)c1nc(C(=O)NCC2CCCO2)c2n1CCCC2. The fraction of sp³-hybridized carbons (Fsp3) is 0.737. The lowest BCUT2D eigenvalue weighted by atomic mass is 10.1. The van der Waals surface area contributed by atoms with Gasteiger partial charge in [-0.2, -0.15) is 0 Å². The number of rotatable bonds is 7. The van der Waals surface area contributed by atoms with E-state index >= 15 is 0 Å². The van der Waals surface area contributed by atoms with Crippen molar-refractivity contribution in [3.05, 3.63) is 17.2 Å². The number of hydrogen-bond donors (Lipinski definition) is 2. The van der Waals surface area contributed by atoms with Crippen LogP contribution < -0.4 is 10.6 Å². The Morgan fingerprint density at radius 1 is 1.23 bits per heavy atom. The third-order valence-electron chi connectivity index (χ3n) is 5.06. The molecule has 3 rings (SSSR count). The zero-order valence-electron chi connectivity index (χ0n) is 15.8. The summed E-state index contributed by atoms with van der Waals surface area (Å²) in [7, 11) is 0. The normalized spacial score (nSPS) is 19.4. The number of carbonyl (C=O) groups excluding carboxylic acids is 2. The smallest absolute Gasteiger partial charge is 0.287 e. The highest BCUT2D eigenvalue weighted by Crippen LogP contribution is 2.21. The molecule has 1 aromatic rings. The maximum atomic E-state index is 12.6. The molecule has 0 bridgehead atoms. The zero-order chi connectivity index (χ0) is 18.5. The van der Waals surface area contributed by atoms with Crippen LogP contribution in [-0.2, 0) is 17.7 Å². The first-order valence-electron chi connectivity index (χ1n) is 9.83. The van der Waals surface area contributed by atoms with Crippen molar-refractivity contribution in [3.63, 3.8) is 0 Å². The van der Waals surface area contributed by atoms with Crippen LogP contribution in [0.4, 0.5) is 0 Å². The Bertz CT molecular complexity index is 647. The Kier molecular flexibility index (Phi) is 6.29. The molecule has 0 saturated carbocycles. The molecule has 1 unspecified atom stereocenters. The van der Waals surface area contributed by atoms with E-state index in [1.165, 1.54) is 0 Å². The van der Waals surface area contributed by atoms with E-state index in [1.807, 2.05) is 4.57 Å². The summed E-state index contributed by atoms with van der Waals surface area (Å²) >= 11 is 0. The number of fused-ring (bicyclic) bond motifs is 1. The zero-order valence-corrected chi connectivity index (χ0v) is 15.8. The van der Waals surface area contributed by atoms with Crippen molar-refractivity contribution in [2.24, 2.45) is 5.92 Å². The van der Waals surface area contributed by atoms with Gasteiger partial charge in [-0.15, -0.1) is 0 Å². The van der Waals surface area contributed by atoms with E-state index in [1.54, 1.807) is 0 Å². The highest BCUT2D eigenvalue weighted by Gasteiger charge is 2.28. The molecule has 1 atom stereocenters. The van der Waals surface area contributed by atoms with Crippen molar-refractivity contribution in [2.45, 2.75) is 65.0 Å². The molecule has 0 radical (unpaired) electrons. The molecule has 3 heterocycles. The summed E-state index contributed by atoms with van der Waals surface area (Å²) in [6, 6.07) is 0. The molecule has 2 aliphatic rings. The number of ether oxygens (including phenoxy) is 1. The van der Waals surface area contributed by atoms with E-state index < -0.39 is 0 Å². The molecule has 1 aromatic heterocycles. The van der Waals surface area contributed by atoms with Crippen LogP contribution in [0.15, 0.2) is 0 Å². The third-order valence-corrected chi connectivity index (χ3v) is 5.06. The lowest BCUT2D eigenvalue weighted by molar-refractivity contribution is 0.0853. The van der Waals surface area contributed by atoms with Crippen molar-refractivity contribution >= 4 is 11.8 Å². The minimum absolute atomic E-state index is 0.0937. The van der Waals surface area contributed by atoms with Crippen molar-refractivity contribution in [2.75, 3.05) is 19.7 Å². The van der Waals surface area contributed by atoms with Gasteiger partial charge >= 0.3 is 0 Å². The van der Waals surface area contributed by atoms with Crippen LogP contribution in [0.25, 0.3) is 0 Å². The van der Waals surface area contributed by atoms with E-state index in [9.17, 15) is 9.59 Å². The minimum atomic E-state index is -0.201. The molecule has 2 aliphatic heterocycles. The summed E-state index contributed by atoms with van der Waals surface area (Å²) in [5, 5.41) is 5.87. The topological polar surface area (TPSA) is 85.2 Å². The lowest BCUT2D eigenvalue weighted by Crippen LogP contribution is -2.32. The molecule has 0 spiro atoms. The largest absolute Gasteiger partial charge is 0.376 e. The summed E-state index contributed by atoms with van der Waals surface area (Å²) in [5.74, 6) is 0.508. The molecule has 2 N–H and O–H groups in total. The van der Waals surface area contributed by atoms with Gasteiger partial charge in [0.25, 0.3) is 11.8 Å². The van der Waals surface area contributed by atoms with Crippen molar-refractivity contribution in [3.8, 4) is 0 Å². The molecule has 1 fully saturated rings. The number of hydrogen-bond acceptors (Lipinski definition) is 4. The van der Waals surface area contributed by atoms with Gasteiger partial charge in [0.15, 0.2) is 5.82 Å². The lowest BCUT2D eigenvalue weighted by Gasteiger charge is -2.17. The van der Waals surface area contributed by atoms with Gasteiger partial charge in [0.05, 0.1) is 11.8 Å². The molecule has 0 aliphatic carbocycles. The summed E-state index contributed by atoms with van der Waals surface area (Å²) in [5.41, 5.74) is 1.28. The number of imidazole rings is 1. The number of amides is 2. The third kappa shape index (κ3) is 4.44. The van der Waals surface area contributed by atoms with Crippen LogP contribution in [0.1, 0.15) is 72.8 Å². The van der Waals surface area contributed by atoms with Crippen molar-refractivity contribution in [1.82, 2.24) is 20.2 Å². The van der Waals surface area contributed by atoms with Crippen LogP contribution in [0.3, 0.4) is 0 Å². The molecule has 144 valence electrons. The Labute approximate surface area is 154 Å². The summed E-state index contributed by atoms with van der Waals surface area (Å²) < 4.78 is 7.48. The van der Waals surface area contributed by atoms with Gasteiger partial charge < -0.3 is 19.9 Å². The second-order valence-corrected chi connectivity index (χ2v) is 7.62.